The summed E-state index contributed by atoms with van der Waals surface area (Å²) in [6, 6.07) is 3.47. The maximum absolute atomic E-state index is 11.6. The number of nitrogens with one attached hydrogen (secondary N) is 1. The van der Waals surface area contributed by atoms with Crippen molar-refractivity contribution >= 4 is 5.97 Å². The molecule has 5 heteroatoms. The first-order valence-electron chi connectivity index (χ1n) is 6.57. The Balaban J connectivity index is 1.90. The summed E-state index contributed by atoms with van der Waals surface area (Å²) in [7, 11) is 1.38. The van der Waals surface area contributed by atoms with Crippen LogP contribution in [0.3, 0.4) is 0 Å². The van der Waals surface area contributed by atoms with Crippen LogP contribution in [-0.2, 0) is 16.0 Å². The number of carbonyl (C=O) groups is 1. The number of methoxy groups -OCH3 is 1. The summed E-state index contributed by atoms with van der Waals surface area (Å²) in [6.07, 6.45) is 3.07. The zero-order valence-electron chi connectivity index (χ0n) is 11.4. The molecule has 0 aliphatic carbocycles. The van der Waals surface area contributed by atoms with Crippen LogP contribution in [0, 0.1) is 5.92 Å². The Labute approximate surface area is 113 Å². The fourth-order valence-corrected chi connectivity index (χ4v) is 2.29. The summed E-state index contributed by atoms with van der Waals surface area (Å²) in [5, 5.41) is 3.34. The van der Waals surface area contributed by atoms with Gasteiger partial charge in [0.2, 0.25) is 0 Å². The molecule has 1 aromatic heterocycles. The van der Waals surface area contributed by atoms with Crippen LogP contribution in [0.4, 0.5) is 0 Å². The van der Waals surface area contributed by atoms with Crippen LogP contribution < -0.4 is 5.32 Å². The maximum atomic E-state index is 11.6. The lowest BCUT2D eigenvalue weighted by Crippen LogP contribution is -2.27. The van der Waals surface area contributed by atoms with Gasteiger partial charge in [-0.1, -0.05) is 0 Å². The van der Waals surface area contributed by atoms with Gasteiger partial charge in [-0.3, -0.25) is 4.98 Å². The van der Waals surface area contributed by atoms with Crippen LogP contribution in [0.2, 0.25) is 0 Å². The first kappa shape index (κ1) is 14.0. The molecule has 1 N–H and O–H groups in total. The monoisotopic (exact) mass is 264 g/mol. The van der Waals surface area contributed by atoms with Gasteiger partial charge in [0.25, 0.3) is 0 Å². The summed E-state index contributed by atoms with van der Waals surface area (Å²) in [5.41, 5.74) is 1.24. The van der Waals surface area contributed by atoms with Gasteiger partial charge in [0.05, 0.1) is 24.5 Å². The highest BCUT2D eigenvalue weighted by Gasteiger charge is 2.23. The fourth-order valence-electron chi connectivity index (χ4n) is 2.29. The number of carbonyl (C=O) groups excluding carboxylic acids is 1. The normalized spacial score (nSPS) is 22.4. The average molecular weight is 264 g/mol. The van der Waals surface area contributed by atoms with Crippen molar-refractivity contribution in [1.82, 2.24) is 10.3 Å². The molecule has 0 saturated carbocycles. The molecular weight excluding hydrogens is 244 g/mol. The molecule has 0 amide bonds. The second-order valence-electron chi connectivity index (χ2n) is 4.74. The minimum absolute atomic E-state index is 0.302. The van der Waals surface area contributed by atoms with Crippen molar-refractivity contribution in [2.24, 2.45) is 5.92 Å². The van der Waals surface area contributed by atoms with Gasteiger partial charge in [0, 0.05) is 25.9 Å². The summed E-state index contributed by atoms with van der Waals surface area (Å²) in [4.78, 5) is 15.8. The highest BCUT2D eigenvalue weighted by Crippen LogP contribution is 2.19. The quantitative estimate of drug-likeness (QED) is 0.814. The molecule has 5 nitrogen and oxygen atoms in total. The lowest BCUT2D eigenvalue weighted by molar-refractivity contribution is 0.0598. The molecule has 1 aliphatic rings. The van der Waals surface area contributed by atoms with Crippen LogP contribution in [0.1, 0.15) is 29.4 Å². The molecule has 1 saturated heterocycles. The van der Waals surface area contributed by atoms with Crippen molar-refractivity contribution in [2.45, 2.75) is 26.0 Å². The van der Waals surface area contributed by atoms with Crippen LogP contribution in [0.5, 0.6) is 0 Å². The molecule has 0 bridgehead atoms. The van der Waals surface area contributed by atoms with Gasteiger partial charge in [-0.2, -0.15) is 0 Å². The van der Waals surface area contributed by atoms with E-state index in [9.17, 15) is 4.79 Å². The van der Waals surface area contributed by atoms with E-state index in [1.54, 1.807) is 18.3 Å². The number of ether oxygens (including phenoxy) is 2. The summed E-state index contributed by atoms with van der Waals surface area (Å²) in [5.74, 6) is 0.188. The average Bonchev–Trinajstić information content (AvgIpc) is 2.84. The van der Waals surface area contributed by atoms with Crippen molar-refractivity contribution < 1.29 is 14.3 Å². The van der Waals surface area contributed by atoms with E-state index in [1.807, 2.05) is 0 Å². The van der Waals surface area contributed by atoms with Crippen molar-refractivity contribution in [1.29, 1.82) is 0 Å². The third kappa shape index (κ3) is 3.52. The minimum atomic E-state index is -0.345. The number of esters is 1. The van der Waals surface area contributed by atoms with Crippen molar-refractivity contribution in [3.63, 3.8) is 0 Å². The predicted octanol–water partition coefficient (Wildman–Crippen LogP) is 1.38. The second kappa shape index (κ2) is 6.63. The Kier molecular flexibility index (Phi) is 4.87. The van der Waals surface area contributed by atoms with E-state index in [-0.39, 0.29) is 5.97 Å². The Morgan fingerprint density at radius 3 is 3.16 bits per heavy atom. The van der Waals surface area contributed by atoms with E-state index in [0.29, 0.717) is 24.1 Å². The fraction of sp³-hybridized carbons (Fsp3) is 0.571. The van der Waals surface area contributed by atoms with Crippen molar-refractivity contribution in [3.8, 4) is 0 Å². The second-order valence-corrected chi connectivity index (χ2v) is 4.74. The first-order valence-corrected chi connectivity index (χ1v) is 6.57. The number of hydrogen-bond acceptors (Lipinski definition) is 5. The standard InChI is InChI=1S/C14H20N2O3/c1-10-11(5-7-19-10)8-15-9-13-12(14(17)18-2)4-3-6-16-13/h3-4,6,10-11,15H,5,7-9H2,1-2H3. The van der Waals surface area contributed by atoms with Crippen LogP contribution >= 0.6 is 0 Å². The predicted molar refractivity (Wildman–Crippen MR) is 70.8 cm³/mol. The molecule has 1 fully saturated rings. The van der Waals surface area contributed by atoms with Gasteiger partial charge in [0.15, 0.2) is 0 Å². The summed E-state index contributed by atoms with van der Waals surface area (Å²) in [6.45, 7) is 4.37. The van der Waals surface area contributed by atoms with Gasteiger partial charge in [-0.25, -0.2) is 4.79 Å². The summed E-state index contributed by atoms with van der Waals surface area (Å²) >= 11 is 0. The molecule has 2 heterocycles. The molecule has 1 aliphatic heterocycles. The highest BCUT2D eigenvalue weighted by molar-refractivity contribution is 5.90. The van der Waals surface area contributed by atoms with Gasteiger partial charge < -0.3 is 14.8 Å². The number of hydrogen-bond donors (Lipinski definition) is 1. The van der Waals surface area contributed by atoms with E-state index in [0.717, 1.165) is 25.3 Å². The van der Waals surface area contributed by atoms with Crippen LogP contribution in [-0.4, -0.2) is 37.3 Å². The maximum Gasteiger partial charge on any atom is 0.339 e. The Hall–Kier alpha value is -1.46. The molecule has 1 aromatic rings. The third-order valence-corrected chi connectivity index (χ3v) is 3.53. The lowest BCUT2D eigenvalue weighted by atomic mass is 10.0. The van der Waals surface area contributed by atoms with E-state index in [4.69, 9.17) is 9.47 Å². The Bertz CT molecular complexity index is 436. The number of rotatable bonds is 5. The molecule has 19 heavy (non-hydrogen) atoms. The highest BCUT2D eigenvalue weighted by atomic mass is 16.5. The van der Waals surface area contributed by atoms with Gasteiger partial charge in [-0.15, -0.1) is 0 Å². The van der Waals surface area contributed by atoms with E-state index >= 15 is 0 Å². The van der Waals surface area contributed by atoms with Crippen LogP contribution in [0.25, 0.3) is 0 Å². The molecule has 0 spiro atoms. The molecule has 0 aromatic carbocycles. The number of aromatic nitrogens is 1. The topological polar surface area (TPSA) is 60.5 Å². The van der Waals surface area contributed by atoms with Crippen molar-refractivity contribution in [2.75, 3.05) is 20.3 Å². The van der Waals surface area contributed by atoms with Gasteiger partial charge >= 0.3 is 5.97 Å². The Morgan fingerprint density at radius 1 is 1.63 bits per heavy atom. The number of pyridine rings is 1. The zero-order chi connectivity index (χ0) is 13.7. The molecular formula is C14H20N2O3. The van der Waals surface area contributed by atoms with Gasteiger partial charge in [0.1, 0.15) is 0 Å². The zero-order valence-corrected chi connectivity index (χ0v) is 11.4. The number of nitrogens with zero attached hydrogens (tertiary/aromatic N) is 1. The first-order chi connectivity index (χ1) is 9.22. The van der Waals surface area contributed by atoms with Gasteiger partial charge in [-0.05, 0) is 31.4 Å². The smallest absolute Gasteiger partial charge is 0.339 e. The molecule has 2 atom stereocenters. The lowest BCUT2D eigenvalue weighted by Gasteiger charge is -2.15. The molecule has 2 rings (SSSR count). The van der Waals surface area contributed by atoms with Crippen LogP contribution in [0.15, 0.2) is 18.3 Å². The van der Waals surface area contributed by atoms with E-state index in [2.05, 4.69) is 17.2 Å². The van der Waals surface area contributed by atoms with E-state index < -0.39 is 0 Å². The molecule has 2 unspecified atom stereocenters. The largest absolute Gasteiger partial charge is 0.465 e. The third-order valence-electron chi connectivity index (χ3n) is 3.53. The Morgan fingerprint density at radius 2 is 2.47 bits per heavy atom. The van der Waals surface area contributed by atoms with Crippen molar-refractivity contribution in [3.05, 3.63) is 29.6 Å². The molecule has 104 valence electrons. The SMILES string of the molecule is COC(=O)c1cccnc1CNCC1CCOC1C. The molecule has 0 radical (unpaired) electrons. The van der Waals surface area contributed by atoms with E-state index in [1.165, 1.54) is 7.11 Å². The minimum Gasteiger partial charge on any atom is -0.465 e. The summed E-state index contributed by atoms with van der Waals surface area (Å²) < 4.78 is 10.3.